The van der Waals surface area contributed by atoms with E-state index in [0.717, 1.165) is 61.9 Å². The molecule has 3 aromatic rings. The SMILES string of the molecule is Cc1cccc(C)c1-n1ncc(C(=O)N2CCN(c3ncccn3)CC2)c1C1CCNCC1. The topological polar surface area (TPSA) is 79.2 Å². The molecule has 1 amide bonds. The van der Waals surface area contributed by atoms with Gasteiger partial charge in [0.2, 0.25) is 5.95 Å². The lowest BCUT2D eigenvalue weighted by Gasteiger charge is -2.35. The number of rotatable bonds is 4. The number of aryl methyl sites for hydroxylation is 2. The summed E-state index contributed by atoms with van der Waals surface area (Å²) >= 11 is 0. The predicted molar refractivity (Wildman–Crippen MR) is 128 cm³/mol. The van der Waals surface area contributed by atoms with Crippen molar-refractivity contribution in [3.05, 3.63) is 65.2 Å². The van der Waals surface area contributed by atoms with E-state index >= 15 is 0 Å². The second kappa shape index (κ2) is 9.31. The molecule has 2 aliphatic heterocycles. The summed E-state index contributed by atoms with van der Waals surface area (Å²) in [6.07, 6.45) is 7.32. The summed E-state index contributed by atoms with van der Waals surface area (Å²) in [7, 11) is 0. The first-order valence-corrected chi connectivity index (χ1v) is 11.8. The lowest BCUT2D eigenvalue weighted by molar-refractivity contribution is 0.0744. The minimum absolute atomic E-state index is 0.0784. The molecule has 0 aliphatic carbocycles. The fraction of sp³-hybridized carbons (Fsp3) is 0.440. The third-order valence-electron chi connectivity index (χ3n) is 6.82. The minimum Gasteiger partial charge on any atom is -0.337 e. The number of piperazine rings is 1. The van der Waals surface area contributed by atoms with E-state index in [1.165, 1.54) is 11.1 Å². The van der Waals surface area contributed by atoms with Gasteiger partial charge >= 0.3 is 0 Å². The van der Waals surface area contributed by atoms with Gasteiger partial charge in [0.15, 0.2) is 0 Å². The number of amides is 1. The van der Waals surface area contributed by atoms with Crippen LogP contribution in [0.1, 0.15) is 45.9 Å². The number of hydrogen-bond donors (Lipinski definition) is 1. The second-order valence-corrected chi connectivity index (χ2v) is 8.95. The molecule has 0 saturated carbocycles. The molecule has 5 rings (SSSR count). The molecule has 1 N–H and O–H groups in total. The third kappa shape index (κ3) is 4.23. The van der Waals surface area contributed by atoms with Crippen LogP contribution >= 0.6 is 0 Å². The predicted octanol–water partition coefficient (Wildman–Crippen LogP) is 2.71. The molecule has 0 spiro atoms. The van der Waals surface area contributed by atoms with Crippen LogP contribution in [-0.4, -0.2) is 69.8 Å². The van der Waals surface area contributed by atoms with Gasteiger partial charge < -0.3 is 15.1 Å². The van der Waals surface area contributed by atoms with Gasteiger partial charge in [-0.25, -0.2) is 14.6 Å². The highest BCUT2D eigenvalue weighted by Gasteiger charge is 2.31. The van der Waals surface area contributed by atoms with Gasteiger partial charge in [-0.1, -0.05) is 18.2 Å². The quantitative estimate of drug-likeness (QED) is 0.665. The Balaban J connectivity index is 1.44. The van der Waals surface area contributed by atoms with Gasteiger partial charge in [0.05, 0.1) is 23.1 Å². The fourth-order valence-corrected chi connectivity index (χ4v) is 5.06. The molecule has 0 bridgehead atoms. The average molecular weight is 446 g/mol. The zero-order valence-corrected chi connectivity index (χ0v) is 19.4. The van der Waals surface area contributed by atoms with Crippen LogP contribution in [0, 0.1) is 13.8 Å². The van der Waals surface area contributed by atoms with Crippen molar-refractivity contribution < 1.29 is 4.79 Å². The molecule has 2 fully saturated rings. The number of nitrogens with one attached hydrogen (secondary N) is 1. The zero-order valence-electron chi connectivity index (χ0n) is 19.4. The molecule has 8 nitrogen and oxygen atoms in total. The summed E-state index contributed by atoms with van der Waals surface area (Å²) in [5, 5.41) is 8.23. The highest BCUT2D eigenvalue weighted by Crippen LogP contribution is 2.33. The summed E-state index contributed by atoms with van der Waals surface area (Å²) in [5.41, 5.74) is 5.24. The van der Waals surface area contributed by atoms with Crippen LogP contribution in [0.3, 0.4) is 0 Å². The van der Waals surface area contributed by atoms with E-state index in [4.69, 9.17) is 5.10 Å². The number of piperidine rings is 1. The van der Waals surface area contributed by atoms with E-state index in [9.17, 15) is 4.79 Å². The maximum absolute atomic E-state index is 13.7. The van der Waals surface area contributed by atoms with Crippen LogP contribution in [0.5, 0.6) is 0 Å². The number of aromatic nitrogens is 4. The highest BCUT2D eigenvalue weighted by molar-refractivity contribution is 5.95. The van der Waals surface area contributed by atoms with Gasteiger partial charge in [0.25, 0.3) is 5.91 Å². The molecule has 2 aromatic heterocycles. The molecule has 1 aromatic carbocycles. The molecule has 0 atom stereocenters. The van der Waals surface area contributed by atoms with Crippen molar-refractivity contribution >= 4 is 11.9 Å². The van der Waals surface area contributed by atoms with Crippen molar-refractivity contribution in [1.82, 2.24) is 30.0 Å². The summed E-state index contributed by atoms with van der Waals surface area (Å²) in [5.74, 6) is 1.11. The lowest BCUT2D eigenvalue weighted by Crippen LogP contribution is -2.49. The van der Waals surface area contributed by atoms with Crippen LogP contribution in [0.4, 0.5) is 5.95 Å². The van der Waals surface area contributed by atoms with E-state index in [1.807, 2.05) is 15.6 Å². The zero-order chi connectivity index (χ0) is 22.8. The number of hydrogen-bond acceptors (Lipinski definition) is 6. The second-order valence-electron chi connectivity index (χ2n) is 8.95. The van der Waals surface area contributed by atoms with Crippen molar-refractivity contribution in [2.45, 2.75) is 32.6 Å². The molecule has 172 valence electrons. The summed E-state index contributed by atoms with van der Waals surface area (Å²) in [4.78, 5) is 26.5. The van der Waals surface area contributed by atoms with Crippen molar-refractivity contribution in [3.8, 4) is 5.69 Å². The number of carbonyl (C=O) groups excluding carboxylic acids is 1. The summed E-state index contributed by atoms with van der Waals surface area (Å²) in [6, 6.07) is 8.12. The van der Waals surface area contributed by atoms with E-state index in [1.54, 1.807) is 18.6 Å². The molecule has 2 saturated heterocycles. The highest BCUT2D eigenvalue weighted by atomic mass is 16.2. The first-order valence-electron chi connectivity index (χ1n) is 11.8. The Morgan fingerprint density at radius 3 is 2.30 bits per heavy atom. The minimum atomic E-state index is 0.0784. The molecular formula is C25H31N7O. The Hall–Kier alpha value is -3.26. The average Bonchev–Trinajstić information content (AvgIpc) is 3.29. The Labute approximate surface area is 194 Å². The van der Waals surface area contributed by atoms with Crippen molar-refractivity contribution in [3.63, 3.8) is 0 Å². The molecule has 2 aliphatic rings. The number of para-hydroxylation sites is 1. The summed E-state index contributed by atoms with van der Waals surface area (Å²) < 4.78 is 2.04. The Morgan fingerprint density at radius 1 is 0.970 bits per heavy atom. The number of nitrogens with zero attached hydrogens (tertiary/aromatic N) is 6. The number of anilines is 1. The van der Waals surface area contributed by atoms with Gasteiger partial charge in [-0.3, -0.25) is 4.79 Å². The fourth-order valence-electron chi connectivity index (χ4n) is 5.06. The van der Waals surface area contributed by atoms with E-state index in [-0.39, 0.29) is 5.91 Å². The first-order chi connectivity index (χ1) is 16.1. The van der Waals surface area contributed by atoms with Crippen LogP contribution in [-0.2, 0) is 0 Å². The molecule has 0 radical (unpaired) electrons. The van der Waals surface area contributed by atoms with E-state index < -0.39 is 0 Å². The Morgan fingerprint density at radius 2 is 1.64 bits per heavy atom. The largest absolute Gasteiger partial charge is 0.337 e. The lowest BCUT2D eigenvalue weighted by atomic mass is 9.91. The standard InChI is InChI=1S/C25H31N7O/c1-18-5-3-6-19(2)22(18)32-23(20-7-11-26-12-8-20)21(17-29-32)24(33)30-13-15-31(16-14-30)25-27-9-4-10-28-25/h3-6,9-10,17,20,26H,7-8,11-16H2,1-2H3. The van der Waals surface area contributed by atoms with Gasteiger partial charge in [-0.15, -0.1) is 0 Å². The molecule has 4 heterocycles. The Bertz CT molecular complexity index is 1090. The van der Waals surface area contributed by atoms with Crippen molar-refractivity contribution in [1.29, 1.82) is 0 Å². The van der Waals surface area contributed by atoms with Crippen LogP contribution in [0.15, 0.2) is 42.9 Å². The molecular weight excluding hydrogens is 414 g/mol. The third-order valence-corrected chi connectivity index (χ3v) is 6.82. The van der Waals surface area contributed by atoms with E-state index in [0.29, 0.717) is 19.0 Å². The summed E-state index contributed by atoms with van der Waals surface area (Å²) in [6.45, 7) is 8.91. The van der Waals surface area contributed by atoms with Gasteiger partial charge in [0.1, 0.15) is 0 Å². The van der Waals surface area contributed by atoms with Crippen LogP contribution in [0.2, 0.25) is 0 Å². The van der Waals surface area contributed by atoms with Crippen LogP contribution in [0.25, 0.3) is 5.69 Å². The first kappa shape index (κ1) is 21.6. The van der Waals surface area contributed by atoms with Crippen LogP contribution < -0.4 is 10.2 Å². The molecule has 33 heavy (non-hydrogen) atoms. The number of benzene rings is 1. The van der Waals surface area contributed by atoms with Gasteiger partial charge in [0, 0.05) is 44.5 Å². The van der Waals surface area contributed by atoms with Gasteiger partial charge in [-0.2, -0.15) is 5.10 Å². The smallest absolute Gasteiger partial charge is 0.257 e. The van der Waals surface area contributed by atoms with Crippen molar-refractivity contribution in [2.75, 3.05) is 44.2 Å². The normalized spacial score (nSPS) is 17.4. The van der Waals surface area contributed by atoms with E-state index in [2.05, 4.69) is 52.2 Å². The van der Waals surface area contributed by atoms with Gasteiger partial charge in [-0.05, 0) is 57.0 Å². The van der Waals surface area contributed by atoms with Crippen molar-refractivity contribution in [2.24, 2.45) is 0 Å². The number of carbonyl (C=O) groups is 1. The molecule has 8 heteroatoms. The monoisotopic (exact) mass is 445 g/mol. The molecule has 0 unspecified atom stereocenters. The Kier molecular flexibility index (Phi) is 6.09. The maximum atomic E-state index is 13.7. The maximum Gasteiger partial charge on any atom is 0.257 e.